The molecule has 2 bridgehead atoms. The van der Waals surface area contributed by atoms with Crippen LogP contribution in [0.25, 0.3) is 0 Å². The number of hydrogen-bond donors (Lipinski definition) is 2. The van der Waals surface area contributed by atoms with E-state index in [0.717, 1.165) is 51.3 Å². The summed E-state index contributed by atoms with van der Waals surface area (Å²) in [7, 11) is 0. The molecule has 148 valence electrons. The van der Waals surface area contributed by atoms with Crippen molar-refractivity contribution in [1.82, 2.24) is 20.4 Å². The van der Waals surface area contributed by atoms with E-state index in [1.807, 2.05) is 6.92 Å². The van der Waals surface area contributed by atoms with Crippen molar-refractivity contribution in [3.05, 3.63) is 0 Å². The van der Waals surface area contributed by atoms with Gasteiger partial charge in [-0.15, -0.1) is 0 Å². The van der Waals surface area contributed by atoms with Crippen molar-refractivity contribution in [2.24, 2.45) is 10.9 Å². The molecule has 1 unspecified atom stereocenters. The fourth-order valence-electron chi connectivity index (χ4n) is 4.34. The highest BCUT2D eigenvalue weighted by molar-refractivity contribution is 5.80. The van der Waals surface area contributed by atoms with Crippen LogP contribution in [0.4, 0.5) is 0 Å². The molecular weight excluding hydrogens is 330 g/mol. The smallest absolute Gasteiger partial charge is 0.308 e. The van der Waals surface area contributed by atoms with Crippen LogP contribution in [0, 0.1) is 5.92 Å². The van der Waals surface area contributed by atoms with Crippen LogP contribution in [0.2, 0.25) is 0 Å². The van der Waals surface area contributed by atoms with Crippen molar-refractivity contribution in [2.75, 3.05) is 52.4 Å². The molecule has 26 heavy (non-hydrogen) atoms. The number of hydrogen-bond acceptors (Lipinski definition) is 5. The largest absolute Gasteiger partial charge is 0.466 e. The van der Waals surface area contributed by atoms with Gasteiger partial charge < -0.3 is 15.4 Å². The summed E-state index contributed by atoms with van der Waals surface area (Å²) >= 11 is 0. The molecule has 2 N–H and O–H groups in total. The molecule has 4 rings (SSSR count). The molecule has 0 aromatic rings. The normalized spacial score (nSPS) is 34.4. The Kier molecular flexibility index (Phi) is 7.14. The van der Waals surface area contributed by atoms with E-state index in [1.165, 1.54) is 26.2 Å². The summed E-state index contributed by atoms with van der Waals surface area (Å²) in [6.07, 6.45) is 3.80. The molecule has 7 heteroatoms. The molecule has 0 radical (unpaired) electrons. The van der Waals surface area contributed by atoms with Gasteiger partial charge in [0.1, 0.15) is 0 Å². The second-order valence-electron chi connectivity index (χ2n) is 7.65. The maximum Gasteiger partial charge on any atom is 0.308 e. The van der Waals surface area contributed by atoms with Gasteiger partial charge in [-0.05, 0) is 39.5 Å². The number of carbonyl (C=O) groups excluding carboxylic acids is 1. The predicted octanol–water partition coefficient (Wildman–Crippen LogP) is 0.663. The maximum absolute atomic E-state index is 11.9. The lowest BCUT2D eigenvalue weighted by Gasteiger charge is -2.47. The number of carbonyl (C=O) groups is 1. The summed E-state index contributed by atoms with van der Waals surface area (Å²) < 4.78 is 5.16. The number of fused-ring (bicyclic) bond motifs is 3. The molecule has 0 spiro atoms. The summed E-state index contributed by atoms with van der Waals surface area (Å²) in [5.41, 5.74) is 0. The molecule has 3 saturated heterocycles. The van der Waals surface area contributed by atoms with E-state index in [1.54, 1.807) is 0 Å². The van der Waals surface area contributed by atoms with Crippen LogP contribution in [-0.4, -0.2) is 86.2 Å². The molecule has 0 aromatic heterocycles. The summed E-state index contributed by atoms with van der Waals surface area (Å²) in [6, 6.07) is 0.942. The van der Waals surface area contributed by atoms with Gasteiger partial charge in [0.15, 0.2) is 5.96 Å². The van der Waals surface area contributed by atoms with E-state index in [9.17, 15) is 4.79 Å². The van der Waals surface area contributed by atoms with Crippen molar-refractivity contribution >= 4 is 11.9 Å². The third-order valence-corrected chi connectivity index (χ3v) is 5.88. The number of guanidine groups is 1. The van der Waals surface area contributed by atoms with Gasteiger partial charge in [0.25, 0.3) is 0 Å². The third-order valence-electron chi connectivity index (χ3n) is 5.88. The monoisotopic (exact) mass is 365 g/mol. The van der Waals surface area contributed by atoms with Gasteiger partial charge in [-0.25, -0.2) is 0 Å². The first-order valence-corrected chi connectivity index (χ1v) is 10.4. The zero-order valence-corrected chi connectivity index (χ0v) is 16.4. The Morgan fingerprint density at radius 2 is 1.85 bits per heavy atom. The zero-order valence-electron chi connectivity index (χ0n) is 16.4. The standard InChI is InChI=1S/C19H35N5O2/c1-3-20-19(21-13-17-14-23-9-11-24(17)12-10-23)22-16-7-5-15(6-8-16)18(25)26-4-2/h15-17H,3-14H2,1-2H3,(H2,20,21,22). The molecule has 0 amide bonds. The SMILES string of the molecule is CCNC(=NCC1CN2CCN1CC2)NC1CCC(C(=O)OCC)CC1. The number of esters is 1. The van der Waals surface area contributed by atoms with Crippen LogP contribution >= 0.6 is 0 Å². The molecule has 7 nitrogen and oxygen atoms in total. The van der Waals surface area contributed by atoms with Gasteiger partial charge in [-0.2, -0.15) is 0 Å². The van der Waals surface area contributed by atoms with Crippen molar-refractivity contribution in [1.29, 1.82) is 0 Å². The van der Waals surface area contributed by atoms with E-state index in [-0.39, 0.29) is 11.9 Å². The Morgan fingerprint density at radius 3 is 2.42 bits per heavy atom. The van der Waals surface area contributed by atoms with Crippen LogP contribution in [0.1, 0.15) is 39.5 Å². The molecule has 0 aromatic carbocycles. The van der Waals surface area contributed by atoms with Gasteiger partial charge in [0.05, 0.1) is 19.1 Å². The van der Waals surface area contributed by atoms with Crippen LogP contribution < -0.4 is 10.6 Å². The average Bonchev–Trinajstić information content (AvgIpc) is 2.68. The van der Waals surface area contributed by atoms with Gasteiger partial charge in [-0.1, -0.05) is 0 Å². The Morgan fingerprint density at radius 1 is 1.12 bits per heavy atom. The highest BCUT2D eigenvalue weighted by Gasteiger charge is 2.32. The lowest BCUT2D eigenvalue weighted by atomic mass is 9.86. The Balaban J connectivity index is 1.47. The summed E-state index contributed by atoms with van der Waals surface area (Å²) in [4.78, 5) is 21.9. The van der Waals surface area contributed by atoms with Crippen molar-refractivity contribution in [3.8, 4) is 0 Å². The Labute approximate surface area is 157 Å². The van der Waals surface area contributed by atoms with Crippen LogP contribution in [0.5, 0.6) is 0 Å². The minimum absolute atomic E-state index is 0.0251. The molecule has 1 aliphatic carbocycles. The predicted molar refractivity (Wildman–Crippen MR) is 103 cm³/mol. The number of ether oxygens (including phenoxy) is 1. The third kappa shape index (κ3) is 5.10. The van der Waals surface area contributed by atoms with Gasteiger partial charge >= 0.3 is 5.97 Å². The van der Waals surface area contributed by atoms with E-state index in [0.29, 0.717) is 18.7 Å². The average molecular weight is 366 g/mol. The second-order valence-corrected chi connectivity index (χ2v) is 7.65. The first kappa shape index (κ1) is 19.4. The molecule has 4 aliphatic rings. The lowest BCUT2D eigenvalue weighted by molar-refractivity contribution is -0.149. The molecule has 1 saturated carbocycles. The van der Waals surface area contributed by atoms with Gasteiger partial charge in [-0.3, -0.25) is 19.6 Å². The Hall–Kier alpha value is -1.34. The maximum atomic E-state index is 11.9. The number of aliphatic imine (C=N–C) groups is 1. The van der Waals surface area contributed by atoms with E-state index in [2.05, 4.69) is 27.4 Å². The zero-order chi connectivity index (χ0) is 18.4. The lowest BCUT2D eigenvalue weighted by Crippen LogP contribution is -2.62. The quantitative estimate of drug-likeness (QED) is 0.410. The minimum Gasteiger partial charge on any atom is -0.466 e. The second kappa shape index (κ2) is 9.55. The number of nitrogens with zero attached hydrogens (tertiary/aromatic N) is 3. The number of nitrogens with one attached hydrogen (secondary N) is 2. The van der Waals surface area contributed by atoms with Crippen molar-refractivity contribution in [3.63, 3.8) is 0 Å². The van der Waals surface area contributed by atoms with E-state index >= 15 is 0 Å². The first-order chi connectivity index (χ1) is 12.7. The fraction of sp³-hybridized carbons (Fsp3) is 0.895. The molecule has 3 heterocycles. The summed E-state index contributed by atoms with van der Waals surface area (Å²) in [6.45, 7) is 12.1. The summed E-state index contributed by atoms with van der Waals surface area (Å²) in [5, 5.41) is 6.97. The van der Waals surface area contributed by atoms with Gasteiger partial charge in [0, 0.05) is 51.4 Å². The molecule has 1 atom stereocenters. The number of piperazine rings is 3. The molecule has 4 fully saturated rings. The van der Waals surface area contributed by atoms with Crippen molar-refractivity contribution < 1.29 is 9.53 Å². The van der Waals surface area contributed by atoms with Crippen LogP contribution in [0.15, 0.2) is 4.99 Å². The Bertz CT molecular complexity index is 482. The fourth-order valence-corrected chi connectivity index (χ4v) is 4.34. The highest BCUT2D eigenvalue weighted by Crippen LogP contribution is 2.25. The van der Waals surface area contributed by atoms with Gasteiger partial charge in [0.2, 0.25) is 0 Å². The minimum atomic E-state index is -0.0251. The molecular formula is C19H35N5O2. The van der Waals surface area contributed by atoms with Crippen LogP contribution in [-0.2, 0) is 9.53 Å². The summed E-state index contributed by atoms with van der Waals surface area (Å²) in [5.74, 6) is 0.972. The van der Waals surface area contributed by atoms with Crippen molar-refractivity contribution in [2.45, 2.75) is 51.6 Å². The topological polar surface area (TPSA) is 69.2 Å². The van der Waals surface area contributed by atoms with Crippen LogP contribution in [0.3, 0.4) is 0 Å². The van der Waals surface area contributed by atoms with E-state index < -0.39 is 0 Å². The highest BCUT2D eigenvalue weighted by atomic mass is 16.5. The number of rotatable bonds is 6. The van der Waals surface area contributed by atoms with E-state index in [4.69, 9.17) is 9.73 Å². The molecule has 3 aliphatic heterocycles. The first-order valence-electron chi connectivity index (χ1n) is 10.4.